The van der Waals surface area contributed by atoms with E-state index in [1.807, 2.05) is 84.9 Å². The third kappa shape index (κ3) is 6.98. The van der Waals surface area contributed by atoms with Crippen molar-refractivity contribution in [1.82, 2.24) is 4.57 Å². The minimum atomic E-state index is -0.771. The van der Waals surface area contributed by atoms with Gasteiger partial charge >= 0.3 is 5.97 Å². The number of nitrogens with zero attached hydrogens (tertiary/aromatic N) is 2. The Labute approximate surface area is 306 Å². The fraction of sp³-hybridized carbons (Fsp3) is 0.114. The average molecular weight is 893 g/mol. The summed E-state index contributed by atoms with van der Waals surface area (Å²) in [7, 11) is 0. The van der Waals surface area contributed by atoms with E-state index in [-0.39, 0.29) is 12.2 Å². The van der Waals surface area contributed by atoms with E-state index in [1.54, 1.807) is 23.6 Å². The smallest absolute Gasteiger partial charge is 0.338 e. The van der Waals surface area contributed by atoms with Crippen LogP contribution in [0.5, 0.6) is 5.75 Å². The molecule has 0 bridgehead atoms. The van der Waals surface area contributed by atoms with Gasteiger partial charge in [0.2, 0.25) is 0 Å². The summed E-state index contributed by atoms with van der Waals surface area (Å²) in [5.74, 6) is 0.228. The van der Waals surface area contributed by atoms with Crippen molar-refractivity contribution in [3.8, 4) is 5.75 Å². The topological polar surface area (TPSA) is 69.9 Å². The van der Waals surface area contributed by atoms with Crippen molar-refractivity contribution in [2.24, 2.45) is 4.99 Å². The molecule has 4 aromatic carbocycles. The number of benzene rings is 4. The van der Waals surface area contributed by atoms with Crippen molar-refractivity contribution in [1.29, 1.82) is 0 Å². The molecule has 0 aliphatic carbocycles. The molecule has 0 radical (unpaired) electrons. The molecule has 1 aliphatic heterocycles. The van der Waals surface area contributed by atoms with Crippen molar-refractivity contribution < 1.29 is 14.3 Å². The number of carbonyl (C=O) groups is 1. The molecule has 1 aliphatic rings. The van der Waals surface area contributed by atoms with Crippen molar-refractivity contribution in [3.63, 3.8) is 0 Å². The largest absolute Gasteiger partial charge is 0.487 e. The summed E-state index contributed by atoms with van der Waals surface area (Å²) in [6.07, 6.45) is 1.85. The second kappa shape index (κ2) is 14.4. The molecule has 6 nitrogen and oxygen atoms in total. The molecular formula is C35H24Cl2I2N2O4S. The number of rotatable bonds is 8. The number of fused-ring (bicyclic) bond motifs is 1. The second-order valence-electron chi connectivity index (χ2n) is 10.2. The molecule has 0 saturated carbocycles. The van der Waals surface area contributed by atoms with Crippen LogP contribution >= 0.6 is 79.7 Å². The van der Waals surface area contributed by atoms with Gasteiger partial charge in [-0.2, -0.15) is 0 Å². The summed E-state index contributed by atoms with van der Waals surface area (Å²) in [6, 6.07) is 27.4. The van der Waals surface area contributed by atoms with E-state index in [1.165, 1.54) is 11.3 Å². The zero-order valence-electron chi connectivity index (χ0n) is 24.2. The fourth-order valence-electron chi connectivity index (χ4n) is 5.14. The third-order valence-electron chi connectivity index (χ3n) is 7.15. The van der Waals surface area contributed by atoms with Crippen LogP contribution in [-0.2, 0) is 16.1 Å². The van der Waals surface area contributed by atoms with Crippen LogP contribution in [0.25, 0.3) is 11.8 Å². The summed E-state index contributed by atoms with van der Waals surface area (Å²) in [4.78, 5) is 33.2. The number of hydrogen-bond acceptors (Lipinski definition) is 6. The molecule has 0 unspecified atom stereocenters. The Morgan fingerprint density at radius 2 is 1.67 bits per heavy atom. The summed E-state index contributed by atoms with van der Waals surface area (Å²) in [5, 5.41) is 1.20. The van der Waals surface area contributed by atoms with Gasteiger partial charge in [-0.15, -0.1) is 0 Å². The van der Waals surface area contributed by atoms with E-state index >= 15 is 0 Å². The molecule has 0 spiro atoms. The van der Waals surface area contributed by atoms with E-state index in [0.29, 0.717) is 42.8 Å². The van der Waals surface area contributed by atoms with Crippen molar-refractivity contribution in [2.75, 3.05) is 6.61 Å². The highest BCUT2D eigenvalue weighted by Gasteiger charge is 2.35. The predicted molar refractivity (Wildman–Crippen MR) is 200 cm³/mol. The highest BCUT2D eigenvalue weighted by atomic mass is 127. The van der Waals surface area contributed by atoms with Crippen LogP contribution in [0.4, 0.5) is 0 Å². The van der Waals surface area contributed by atoms with Gasteiger partial charge in [0.1, 0.15) is 12.4 Å². The summed E-state index contributed by atoms with van der Waals surface area (Å²) in [6.45, 7) is 2.31. The van der Waals surface area contributed by atoms with E-state index in [9.17, 15) is 9.59 Å². The Hall–Kier alpha value is -2.97. The average Bonchev–Trinajstić information content (AvgIpc) is 3.35. The zero-order chi connectivity index (χ0) is 32.4. The van der Waals surface area contributed by atoms with Crippen LogP contribution in [0.2, 0.25) is 10.0 Å². The second-order valence-corrected chi connectivity index (χ2v) is 14.4. The number of hydrogen-bond donors (Lipinski definition) is 0. The van der Waals surface area contributed by atoms with Gasteiger partial charge < -0.3 is 9.47 Å². The van der Waals surface area contributed by atoms with Crippen LogP contribution in [0, 0.1) is 7.14 Å². The first kappa shape index (κ1) is 33.0. The van der Waals surface area contributed by atoms with Crippen molar-refractivity contribution in [2.45, 2.75) is 19.6 Å². The van der Waals surface area contributed by atoms with E-state index < -0.39 is 12.0 Å². The molecular weight excluding hydrogens is 869 g/mol. The normalized spacial score (nSPS) is 14.5. The molecule has 232 valence electrons. The molecule has 5 aromatic rings. The number of thiazole rings is 1. The molecule has 6 rings (SSSR count). The third-order valence-corrected chi connectivity index (χ3v) is 10.2. The summed E-state index contributed by atoms with van der Waals surface area (Å²) >= 11 is 18.1. The predicted octanol–water partition coefficient (Wildman–Crippen LogP) is 8.03. The van der Waals surface area contributed by atoms with Gasteiger partial charge in [-0.1, -0.05) is 89.1 Å². The highest BCUT2D eigenvalue weighted by Crippen LogP contribution is 2.36. The maximum absolute atomic E-state index is 14.2. The van der Waals surface area contributed by atoms with Gasteiger partial charge in [0, 0.05) is 15.6 Å². The van der Waals surface area contributed by atoms with E-state index in [2.05, 4.69) is 45.2 Å². The molecule has 1 aromatic heterocycles. The highest BCUT2D eigenvalue weighted by molar-refractivity contribution is 14.1. The lowest BCUT2D eigenvalue weighted by molar-refractivity contribution is -0.138. The van der Waals surface area contributed by atoms with E-state index in [0.717, 1.165) is 29.6 Å². The molecule has 2 heterocycles. The van der Waals surface area contributed by atoms with Gasteiger partial charge in [0.05, 0.1) is 35.6 Å². The molecule has 0 N–H and O–H groups in total. The molecule has 0 amide bonds. The minimum Gasteiger partial charge on any atom is -0.487 e. The number of aromatic nitrogens is 1. The SMILES string of the molecule is CCOC(=O)C1=C(c2ccccc2)N=c2s/c(=C\c3cc(I)c(OCc4cccc(Cl)c4)c(I)c3)c(=O)n2[C@@H]1c1ccc(Cl)cc1. The van der Waals surface area contributed by atoms with E-state index in [4.69, 9.17) is 37.7 Å². The molecule has 0 fully saturated rings. The van der Waals surface area contributed by atoms with Crippen LogP contribution in [0.15, 0.2) is 106 Å². The van der Waals surface area contributed by atoms with Gasteiger partial charge in [-0.3, -0.25) is 9.36 Å². The molecule has 1 atom stereocenters. The standard InChI is InChI=1S/C35H24Cl2I2N2O4S/c1-2-44-34(43)29-30(22-8-4-3-5-9-22)40-35-41(31(29)23-11-13-24(36)14-12-23)33(42)28(46-35)18-21-16-26(38)32(27(39)17-21)45-19-20-7-6-10-25(37)15-20/h3-18,31H,2,19H2,1H3/b28-18-/t31-/m1/s1. The van der Waals surface area contributed by atoms with Crippen LogP contribution in [-0.4, -0.2) is 17.1 Å². The van der Waals surface area contributed by atoms with Crippen molar-refractivity contribution >= 4 is 97.5 Å². The lowest BCUT2D eigenvalue weighted by atomic mass is 9.93. The molecule has 0 saturated heterocycles. The van der Waals surface area contributed by atoms with Crippen LogP contribution < -0.4 is 19.6 Å². The quantitative estimate of drug-likeness (QED) is 0.117. The minimum absolute atomic E-state index is 0.179. The number of ether oxygens (including phenoxy) is 2. The summed E-state index contributed by atoms with van der Waals surface area (Å²) < 4.78 is 15.6. The van der Waals surface area contributed by atoms with Gasteiger partial charge in [0.25, 0.3) is 5.56 Å². The maximum atomic E-state index is 14.2. The van der Waals surface area contributed by atoms with Crippen LogP contribution in [0.3, 0.4) is 0 Å². The van der Waals surface area contributed by atoms with Gasteiger partial charge in [0.15, 0.2) is 4.80 Å². The Balaban J connectivity index is 1.47. The summed E-state index contributed by atoms with van der Waals surface area (Å²) in [5.41, 5.74) is 3.77. The lowest BCUT2D eigenvalue weighted by Gasteiger charge is -2.25. The molecule has 46 heavy (non-hydrogen) atoms. The van der Waals surface area contributed by atoms with Gasteiger partial charge in [-0.25, -0.2) is 9.79 Å². The molecule has 11 heteroatoms. The Kier molecular flexibility index (Phi) is 10.3. The monoisotopic (exact) mass is 892 g/mol. The maximum Gasteiger partial charge on any atom is 0.338 e. The fourth-order valence-corrected chi connectivity index (χ4v) is 8.60. The van der Waals surface area contributed by atoms with Crippen LogP contribution in [0.1, 0.15) is 35.2 Å². The Bertz CT molecular complexity index is 2140. The first-order valence-electron chi connectivity index (χ1n) is 14.1. The van der Waals surface area contributed by atoms with Gasteiger partial charge in [-0.05, 0) is 111 Å². The Morgan fingerprint density at radius 1 is 0.957 bits per heavy atom. The first-order valence-corrected chi connectivity index (χ1v) is 17.9. The zero-order valence-corrected chi connectivity index (χ0v) is 30.8. The first-order chi connectivity index (χ1) is 22.2. The number of halogens is 4. The number of esters is 1. The number of carbonyl (C=O) groups excluding carboxylic acids is 1. The van der Waals surface area contributed by atoms with Crippen molar-refractivity contribution in [3.05, 3.63) is 156 Å². The lowest BCUT2D eigenvalue weighted by Crippen LogP contribution is -2.40. The Morgan fingerprint density at radius 3 is 2.35 bits per heavy atom.